The second kappa shape index (κ2) is 8.04. The second-order valence-electron chi connectivity index (χ2n) is 6.78. The Morgan fingerprint density at radius 2 is 1.88 bits per heavy atom. The molecule has 3 amide bonds. The minimum Gasteiger partial charge on any atom is -0.378 e. The number of carbonyl (C=O) groups is 2. The van der Waals surface area contributed by atoms with Crippen molar-refractivity contribution in [3.05, 3.63) is 29.8 Å². The smallest absolute Gasteiger partial charge is 0.315 e. The van der Waals surface area contributed by atoms with Crippen molar-refractivity contribution in [3.63, 3.8) is 0 Å². The van der Waals surface area contributed by atoms with Crippen molar-refractivity contribution >= 4 is 17.6 Å². The van der Waals surface area contributed by atoms with Gasteiger partial charge in [0.1, 0.15) is 0 Å². The van der Waals surface area contributed by atoms with Gasteiger partial charge in [0.05, 0.1) is 0 Å². The van der Waals surface area contributed by atoms with E-state index < -0.39 is 0 Å². The Kier molecular flexibility index (Phi) is 6.06. The van der Waals surface area contributed by atoms with Crippen LogP contribution in [-0.2, 0) is 0 Å². The highest BCUT2D eigenvalue weighted by molar-refractivity contribution is 5.95. The highest BCUT2D eigenvalue weighted by atomic mass is 16.2. The van der Waals surface area contributed by atoms with Crippen LogP contribution in [0.5, 0.6) is 0 Å². The van der Waals surface area contributed by atoms with Crippen molar-refractivity contribution in [2.75, 3.05) is 32.1 Å². The van der Waals surface area contributed by atoms with Crippen molar-refractivity contribution in [2.24, 2.45) is 0 Å². The highest BCUT2D eigenvalue weighted by Gasteiger charge is 2.24. The maximum Gasteiger partial charge on any atom is 0.315 e. The number of nitrogens with one attached hydrogen (secondary N) is 2. The van der Waals surface area contributed by atoms with Crippen molar-refractivity contribution < 1.29 is 9.59 Å². The summed E-state index contributed by atoms with van der Waals surface area (Å²) < 4.78 is 0. The lowest BCUT2D eigenvalue weighted by molar-refractivity contribution is 0.0708. The summed E-state index contributed by atoms with van der Waals surface area (Å²) in [6.07, 6.45) is 1.56. The molecule has 6 heteroatoms. The zero-order chi connectivity index (χ0) is 17.7. The van der Waals surface area contributed by atoms with Crippen molar-refractivity contribution in [3.8, 4) is 0 Å². The van der Waals surface area contributed by atoms with E-state index in [0.29, 0.717) is 18.7 Å². The van der Waals surface area contributed by atoms with Gasteiger partial charge in [-0.25, -0.2) is 4.79 Å². The molecule has 1 aliphatic heterocycles. The van der Waals surface area contributed by atoms with E-state index in [0.717, 1.165) is 18.5 Å². The van der Waals surface area contributed by atoms with Crippen LogP contribution in [0.2, 0.25) is 0 Å². The molecular weight excluding hydrogens is 304 g/mol. The van der Waals surface area contributed by atoms with Crippen LogP contribution in [0.15, 0.2) is 24.3 Å². The van der Waals surface area contributed by atoms with Gasteiger partial charge < -0.3 is 20.4 Å². The molecule has 0 unspecified atom stereocenters. The first-order valence-corrected chi connectivity index (χ1v) is 8.50. The summed E-state index contributed by atoms with van der Waals surface area (Å²) in [5.41, 5.74) is 1.73. The molecule has 1 fully saturated rings. The number of nitrogens with zero attached hydrogens (tertiary/aromatic N) is 2. The molecule has 132 valence electrons. The van der Waals surface area contributed by atoms with Crippen molar-refractivity contribution in [1.29, 1.82) is 0 Å². The zero-order valence-corrected chi connectivity index (χ0v) is 15.0. The molecule has 0 spiro atoms. The summed E-state index contributed by atoms with van der Waals surface area (Å²) in [6.45, 7) is 5.20. The Hall–Kier alpha value is -2.24. The van der Waals surface area contributed by atoms with Gasteiger partial charge in [-0.2, -0.15) is 0 Å². The molecule has 1 heterocycles. The fourth-order valence-corrected chi connectivity index (χ4v) is 2.82. The summed E-state index contributed by atoms with van der Waals surface area (Å²) in [5.74, 6) is 0.0591. The maximum absolute atomic E-state index is 12.7. The van der Waals surface area contributed by atoms with Crippen LogP contribution in [0.4, 0.5) is 10.5 Å². The van der Waals surface area contributed by atoms with Gasteiger partial charge in [0.15, 0.2) is 0 Å². The fraction of sp³-hybridized carbons (Fsp3) is 0.556. The summed E-state index contributed by atoms with van der Waals surface area (Å²) in [5, 5.41) is 5.81. The van der Waals surface area contributed by atoms with Crippen LogP contribution < -0.4 is 15.5 Å². The summed E-state index contributed by atoms with van der Waals surface area (Å²) in [7, 11) is 3.92. The number of anilines is 1. The van der Waals surface area contributed by atoms with Gasteiger partial charge in [-0.15, -0.1) is 0 Å². The minimum absolute atomic E-state index is 0.0591. The second-order valence-corrected chi connectivity index (χ2v) is 6.78. The largest absolute Gasteiger partial charge is 0.378 e. The van der Waals surface area contributed by atoms with E-state index in [1.165, 1.54) is 0 Å². The predicted octanol–water partition coefficient (Wildman–Crippen LogP) is 2.06. The first kappa shape index (κ1) is 18.1. The molecule has 0 aliphatic carbocycles. The SMILES string of the molecule is CC(C)NC(=O)NC1CCN(C(=O)c2cccc(N(C)C)c2)CC1. The first-order chi connectivity index (χ1) is 11.4. The van der Waals surface area contributed by atoms with Crippen LogP contribution in [0.25, 0.3) is 0 Å². The third-order valence-electron chi connectivity index (χ3n) is 4.15. The summed E-state index contributed by atoms with van der Waals surface area (Å²) in [6, 6.07) is 7.79. The molecule has 0 aromatic heterocycles. The average Bonchev–Trinajstić information content (AvgIpc) is 2.54. The number of hydrogen-bond acceptors (Lipinski definition) is 3. The summed E-state index contributed by atoms with van der Waals surface area (Å²) in [4.78, 5) is 28.3. The van der Waals surface area contributed by atoms with Gasteiger partial charge in [0.25, 0.3) is 5.91 Å². The number of urea groups is 1. The molecule has 1 aromatic rings. The molecule has 2 rings (SSSR count). The van der Waals surface area contributed by atoms with Gasteiger partial charge in [-0.05, 0) is 44.9 Å². The third-order valence-corrected chi connectivity index (χ3v) is 4.15. The Balaban J connectivity index is 1.89. The lowest BCUT2D eigenvalue weighted by Gasteiger charge is -2.32. The number of amides is 3. The number of likely N-dealkylation sites (tertiary alicyclic amines) is 1. The van der Waals surface area contributed by atoms with Gasteiger partial charge in [-0.3, -0.25) is 4.79 Å². The predicted molar refractivity (Wildman–Crippen MR) is 96.5 cm³/mol. The van der Waals surface area contributed by atoms with E-state index in [2.05, 4.69) is 10.6 Å². The monoisotopic (exact) mass is 332 g/mol. The van der Waals surface area contributed by atoms with Gasteiger partial charge in [-0.1, -0.05) is 6.07 Å². The van der Waals surface area contributed by atoms with E-state index >= 15 is 0 Å². The Bertz CT molecular complexity index is 578. The molecular formula is C18H28N4O2. The van der Waals surface area contributed by atoms with Gasteiger partial charge >= 0.3 is 6.03 Å². The fourth-order valence-electron chi connectivity index (χ4n) is 2.82. The normalized spacial score (nSPS) is 15.3. The molecule has 1 aliphatic rings. The first-order valence-electron chi connectivity index (χ1n) is 8.50. The molecule has 2 N–H and O–H groups in total. The Morgan fingerprint density at radius 3 is 2.46 bits per heavy atom. The average molecular weight is 332 g/mol. The third kappa shape index (κ3) is 4.88. The minimum atomic E-state index is -0.131. The molecule has 0 saturated carbocycles. The summed E-state index contributed by atoms with van der Waals surface area (Å²) >= 11 is 0. The molecule has 6 nitrogen and oxygen atoms in total. The number of carbonyl (C=O) groups excluding carboxylic acids is 2. The molecule has 0 radical (unpaired) electrons. The van der Waals surface area contributed by atoms with Crippen LogP contribution >= 0.6 is 0 Å². The number of hydrogen-bond donors (Lipinski definition) is 2. The van der Waals surface area contributed by atoms with E-state index in [4.69, 9.17) is 0 Å². The molecule has 1 aromatic carbocycles. The van der Waals surface area contributed by atoms with E-state index in [9.17, 15) is 9.59 Å². The lowest BCUT2D eigenvalue weighted by atomic mass is 10.0. The highest BCUT2D eigenvalue weighted by Crippen LogP contribution is 2.18. The van der Waals surface area contributed by atoms with Crippen molar-refractivity contribution in [1.82, 2.24) is 15.5 Å². The van der Waals surface area contributed by atoms with Crippen LogP contribution in [0.1, 0.15) is 37.0 Å². The molecule has 1 saturated heterocycles. The van der Waals surface area contributed by atoms with Crippen LogP contribution in [0, 0.1) is 0 Å². The lowest BCUT2D eigenvalue weighted by Crippen LogP contribution is -2.50. The van der Waals surface area contributed by atoms with Gasteiger partial charge in [0, 0.05) is 50.5 Å². The van der Waals surface area contributed by atoms with E-state index in [1.54, 1.807) is 0 Å². The quantitative estimate of drug-likeness (QED) is 0.887. The number of benzene rings is 1. The van der Waals surface area contributed by atoms with Crippen LogP contribution in [0.3, 0.4) is 0 Å². The zero-order valence-electron chi connectivity index (χ0n) is 15.0. The standard InChI is InChI=1S/C18H28N4O2/c1-13(2)19-18(24)20-15-8-10-22(11-9-15)17(23)14-6-5-7-16(12-14)21(3)4/h5-7,12-13,15H,8-11H2,1-4H3,(H2,19,20,24). The Morgan fingerprint density at radius 1 is 1.21 bits per heavy atom. The van der Waals surface area contributed by atoms with Crippen molar-refractivity contribution in [2.45, 2.75) is 38.8 Å². The number of rotatable bonds is 4. The Labute approximate surface area is 144 Å². The number of piperidine rings is 1. The maximum atomic E-state index is 12.7. The van der Waals surface area contributed by atoms with E-state index in [1.807, 2.05) is 62.0 Å². The topological polar surface area (TPSA) is 64.7 Å². The van der Waals surface area contributed by atoms with Crippen LogP contribution in [-0.4, -0.2) is 56.1 Å². The molecule has 24 heavy (non-hydrogen) atoms. The molecule has 0 atom stereocenters. The molecule has 0 bridgehead atoms. The van der Waals surface area contributed by atoms with Gasteiger partial charge in [0.2, 0.25) is 0 Å². The van der Waals surface area contributed by atoms with E-state index in [-0.39, 0.29) is 24.0 Å².